The van der Waals surface area contributed by atoms with Gasteiger partial charge < -0.3 is 9.84 Å². The normalized spacial score (nSPS) is 9.28. The maximum Gasteiger partial charge on any atom is 0.411 e. The first-order valence-electron chi connectivity index (χ1n) is 5.24. The van der Waals surface area contributed by atoms with Crippen molar-refractivity contribution >= 4 is 12.1 Å². The van der Waals surface area contributed by atoms with Crippen LogP contribution in [-0.2, 0) is 16.1 Å². The second-order valence-electron chi connectivity index (χ2n) is 3.49. The summed E-state index contributed by atoms with van der Waals surface area (Å²) in [6.45, 7) is -0.488. The lowest BCUT2D eigenvalue weighted by Crippen LogP contribution is -2.36. The van der Waals surface area contributed by atoms with Gasteiger partial charge in [0.2, 0.25) is 0 Å². The molecule has 5 heteroatoms. The Morgan fingerprint density at radius 2 is 2.00 bits per heavy atom. The van der Waals surface area contributed by atoms with Crippen molar-refractivity contribution in [2.24, 2.45) is 0 Å². The summed E-state index contributed by atoms with van der Waals surface area (Å²) in [6.07, 6.45) is 4.32. The molecule has 0 saturated heterocycles. The molecule has 1 amide bonds. The number of carbonyl (C=O) groups is 2. The monoisotopic (exact) mass is 247 g/mol. The Labute approximate surface area is 105 Å². The molecule has 94 valence electrons. The minimum Gasteiger partial charge on any atom is -0.480 e. The van der Waals surface area contributed by atoms with Crippen molar-refractivity contribution in [1.82, 2.24) is 4.90 Å². The van der Waals surface area contributed by atoms with Crippen LogP contribution < -0.4 is 0 Å². The third kappa shape index (κ3) is 4.58. The molecule has 5 nitrogen and oxygen atoms in total. The Morgan fingerprint density at radius 1 is 1.33 bits per heavy atom. The van der Waals surface area contributed by atoms with Crippen LogP contribution in [0.5, 0.6) is 0 Å². The summed E-state index contributed by atoms with van der Waals surface area (Å²) >= 11 is 0. The van der Waals surface area contributed by atoms with Gasteiger partial charge in [0, 0.05) is 0 Å². The average molecular weight is 247 g/mol. The number of terminal acetylenes is 1. The van der Waals surface area contributed by atoms with Crippen LogP contribution in [0.15, 0.2) is 30.3 Å². The van der Waals surface area contributed by atoms with Gasteiger partial charge in [0.05, 0.1) is 6.54 Å². The van der Waals surface area contributed by atoms with Crippen LogP contribution in [0.1, 0.15) is 5.56 Å². The number of carbonyl (C=O) groups excluding carboxylic acids is 1. The van der Waals surface area contributed by atoms with Gasteiger partial charge in [-0.1, -0.05) is 36.3 Å². The number of benzene rings is 1. The van der Waals surface area contributed by atoms with Gasteiger partial charge in [-0.3, -0.25) is 9.69 Å². The van der Waals surface area contributed by atoms with Gasteiger partial charge in [0.15, 0.2) is 0 Å². The van der Waals surface area contributed by atoms with E-state index >= 15 is 0 Å². The zero-order chi connectivity index (χ0) is 13.4. The second-order valence-corrected chi connectivity index (χ2v) is 3.49. The van der Waals surface area contributed by atoms with Crippen LogP contribution in [-0.4, -0.2) is 35.2 Å². The van der Waals surface area contributed by atoms with E-state index in [0.717, 1.165) is 10.5 Å². The van der Waals surface area contributed by atoms with Gasteiger partial charge in [-0.2, -0.15) is 0 Å². The van der Waals surface area contributed by atoms with Crippen molar-refractivity contribution in [2.45, 2.75) is 6.61 Å². The molecule has 18 heavy (non-hydrogen) atoms. The molecule has 0 aliphatic carbocycles. The minimum absolute atomic E-state index is 0.0837. The summed E-state index contributed by atoms with van der Waals surface area (Å²) in [4.78, 5) is 23.1. The fourth-order valence-corrected chi connectivity index (χ4v) is 1.27. The van der Waals surface area contributed by atoms with E-state index in [0.29, 0.717) is 0 Å². The molecule has 0 fully saturated rings. The van der Waals surface area contributed by atoms with Gasteiger partial charge in [-0.15, -0.1) is 6.42 Å². The highest BCUT2D eigenvalue weighted by Crippen LogP contribution is 2.03. The Hall–Kier alpha value is -2.48. The summed E-state index contributed by atoms with van der Waals surface area (Å²) in [5.41, 5.74) is 0.821. The van der Waals surface area contributed by atoms with Gasteiger partial charge in [0.1, 0.15) is 13.2 Å². The van der Waals surface area contributed by atoms with Crippen LogP contribution in [0.25, 0.3) is 0 Å². The van der Waals surface area contributed by atoms with E-state index in [1.54, 1.807) is 12.1 Å². The Morgan fingerprint density at radius 3 is 2.56 bits per heavy atom. The Bertz CT molecular complexity index is 450. The average Bonchev–Trinajstić information content (AvgIpc) is 2.36. The summed E-state index contributed by atoms with van der Waals surface area (Å²) in [7, 11) is 0. The Kier molecular flexibility index (Phi) is 5.26. The second kappa shape index (κ2) is 6.97. The molecule has 0 spiro atoms. The number of hydrogen-bond donors (Lipinski definition) is 1. The molecule has 0 unspecified atom stereocenters. The van der Waals surface area contributed by atoms with Crippen LogP contribution in [0, 0.1) is 12.3 Å². The number of ether oxygens (including phenoxy) is 1. The largest absolute Gasteiger partial charge is 0.480 e. The quantitative estimate of drug-likeness (QED) is 0.797. The maximum atomic E-state index is 11.6. The summed E-state index contributed by atoms with van der Waals surface area (Å²) < 4.78 is 4.97. The third-order valence-electron chi connectivity index (χ3n) is 2.07. The van der Waals surface area contributed by atoms with Crippen molar-refractivity contribution in [3.05, 3.63) is 35.9 Å². The van der Waals surface area contributed by atoms with Crippen LogP contribution in [0.2, 0.25) is 0 Å². The highest BCUT2D eigenvalue weighted by atomic mass is 16.6. The lowest BCUT2D eigenvalue weighted by molar-refractivity contribution is -0.137. The maximum absolute atomic E-state index is 11.6. The first kappa shape index (κ1) is 13.6. The van der Waals surface area contributed by atoms with Gasteiger partial charge >= 0.3 is 12.1 Å². The molecule has 0 radical (unpaired) electrons. The van der Waals surface area contributed by atoms with Crippen LogP contribution >= 0.6 is 0 Å². The zero-order valence-corrected chi connectivity index (χ0v) is 9.70. The number of hydrogen-bond acceptors (Lipinski definition) is 3. The van der Waals surface area contributed by atoms with Crippen LogP contribution in [0.3, 0.4) is 0 Å². The van der Waals surface area contributed by atoms with Gasteiger partial charge in [-0.05, 0) is 5.56 Å². The molecule has 0 aliphatic rings. The predicted octanol–water partition coefficient (Wildman–Crippen LogP) is 1.34. The molecule has 1 aromatic carbocycles. The number of carboxylic acids is 1. The molecule has 1 N–H and O–H groups in total. The number of amides is 1. The molecular weight excluding hydrogens is 234 g/mol. The standard InChI is InChI=1S/C13H13NO4/c1-2-8-14(9-12(15)16)13(17)18-10-11-6-4-3-5-7-11/h1,3-7H,8-10H2,(H,15,16). The van der Waals surface area contributed by atoms with E-state index in [9.17, 15) is 9.59 Å². The SMILES string of the molecule is C#CCN(CC(=O)O)C(=O)OCc1ccccc1. The molecule has 0 atom stereocenters. The molecule has 0 heterocycles. The zero-order valence-electron chi connectivity index (χ0n) is 9.70. The molecule has 1 aromatic rings. The number of aliphatic carboxylic acids is 1. The summed E-state index contributed by atoms with van der Waals surface area (Å²) in [5.74, 6) is 1.08. The van der Waals surface area contributed by atoms with Crippen molar-refractivity contribution in [2.75, 3.05) is 13.1 Å². The molecule has 0 aliphatic heterocycles. The molecular formula is C13H13NO4. The van der Waals surface area contributed by atoms with Crippen molar-refractivity contribution < 1.29 is 19.4 Å². The highest BCUT2D eigenvalue weighted by molar-refractivity contribution is 5.76. The first-order valence-corrected chi connectivity index (χ1v) is 5.24. The van der Waals surface area contributed by atoms with Crippen molar-refractivity contribution in [3.8, 4) is 12.3 Å². The third-order valence-corrected chi connectivity index (χ3v) is 2.07. The highest BCUT2D eigenvalue weighted by Gasteiger charge is 2.16. The van der Waals surface area contributed by atoms with Gasteiger partial charge in [-0.25, -0.2) is 4.79 Å². The smallest absolute Gasteiger partial charge is 0.411 e. The topological polar surface area (TPSA) is 66.8 Å². The van der Waals surface area contributed by atoms with Crippen molar-refractivity contribution in [3.63, 3.8) is 0 Å². The van der Waals surface area contributed by atoms with E-state index < -0.39 is 18.6 Å². The minimum atomic E-state index is -1.14. The van der Waals surface area contributed by atoms with E-state index in [4.69, 9.17) is 16.3 Å². The van der Waals surface area contributed by atoms with E-state index in [1.807, 2.05) is 18.2 Å². The van der Waals surface area contributed by atoms with E-state index in [2.05, 4.69) is 5.92 Å². The van der Waals surface area contributed by atoms with E-state index in [-0.39, 0.29) is 13.2 Å². The predicted molar refractivity (Wildman–Crippen MR) is 64.7 cm³/mol. The lowest BCUT2D eigenvalue weighted by atomic mass is 10.2. The fraction of sp³-hybridized carbons (Fsp3) is 0.231. The van der Waals surface area contributed by atoms with E-state index in [1.165, 1.54) is 0 Å². The molecule has 1 rings (SSSR count). The Balaban J connectivity index is 2.52. The molecule has 0 aromatic heterocycles. The summed E-state index contributed by atoms with van der Waals surface area (Å²) in [5, 5.41) is 8.63. The fourth-order valence-electron chi connectivity index (χ4n) is 1.27. The number of rotatable bonds is 5. The lowest BCUT2D eigenvalue weighted by Gasteiger charge is -2.17. The van der Waals surface area contributed by atoms with Crippen molar-refractivity contribution in [1.29, 1.82) is 0 Å². The molecule has 0 saturated carbocycles. The molecule has 0 bridgehead atoms. The number of nitrogens with zero attached hydrogens (tertiary/aromatic N) is 1. The van der Waals surface area contributed by atoms with Gasteiger partial charge in [0.25, 0.3) is 0 Å². The summed E-state index contributed by atoms with van der Waals surface area (Å²) in [6, 6.07) is 9.09. The first-order chi connectivity index (χ1) is 8.63. The number of carboxylic acid groups (broad SMARTS) is 1. The van der Waals surface area contributed by atoms with Crippen LogP contribution in [0.4, 0.5) is 4.79 Å².